The van der Waals surface area contributed by atoms with Gasteiger partial charge in [0, 0.05) is 0 Å². The first-order chi connectivity index (χ1) is 9.58. The van der Waals surface area contributed by atoms with Crippen molar-refractivity contribution in [3.63, 3.8) is 0 Å². The minimum Gasteiger partial charge on any atom is -0.481 e. The van der Waals surface area contributed by atoms with Gasteiger partial charge >= 0.3 is 11.9 Å². The Morgan fingerprint density at radius 1 is 1.30 bits per heavy atom. The molecule has 20 heavy (non-hydrogen) atoms. The van der Waals surface area contributed by atoms with Crippen molar-refractivity contribution in [2.24, 2.45) is 0 Å². The summed E-state index contributed by atoms with van der Waals surface area (Å²) < 4.78 is 4.82. The van der Waals surface area contributed by atoms with Crippen LogP contribution >= 0.6 is 0 Å². The quantitative estimate of drug-likeness (QED) is 0.810. The van der Waals surface area contributed by atoms with Crippen LogP contribution in [-0.4, -0.2) is 23.7 Å². The summed E-state index contributed by atoms with van der Waals surface area (Å²) in [5, 5.41) is 9.21. The zero-order chi connectivity index (χ0) is 14.6. The van der Waals surface area contributed by atoms with Crippen LogP contribution < -0.4 is 0 Å². The smallest absolute Gasteiger partial charge is 0.314 e. The molecule has 0 aromatic heterocycles. The summed E-state index contributed by atoms with van der Waals surface area (Å²) >= 11 is 0. The van der Waals surface area contributed by atoms with Gasteiger partial charge in [-0.25, -0.2) is 0 Å². The Balaban J connectivity index is 1.97. The maximum Gasteiger partial charge on any atom is 0.314 e. The number of hydrogen-bond acceptors (Lipinski definition) is 3. The van der Waals surface area contributed by atoms with Gasteiger partial charge < -0.3 is 9.84 Å². The van der Waals surface area contributed by atoms with Gasteiger partial charge in [-0.05, 0) is 30.9 Å². The Morgan fingerprint density at radius 2 is 1.95 bits per heavy atom. The third-order valence-corrected chi connectivity index (χ3v) is 3.52. The summed E-state index contributed by atoms with van der Waals surface area (Å²) in [4.78, 5) is 22.4. The second-order valence-electron chi connectivity index (χ2n) is 4.92. The van der Waals surface area contributed by atoms with Crippen molar-refractivity contribution in [3.8, 4) is 0 Å². The number of rotatable bonds is 6. The van der Waals surface area contributed by atoms with E-state index >= 15 is 0 Å². The first-order valence-electron chi connectivity index (χ1n) is 6.74. The van der Waals surface area contributed by atoms with Crippen molar-refractivity contribution in [1.82, 2.24) is 0 Å². The standard InChI is InChI=1S/C16H18O4/c1-2-20-14(17)5-3-4-12-6-8-13(9-7-12)16(10-11-16)15(18)19/h3-4,6-9H,2,5,10-11H2,1H3,(H,18,19). The number of hydrogen-bond donors (Lipinski definition) is 1. The third kappa shape index (κ3) is 3.07. The molecule has 0 atom stereocenters. The third-order valence-electron chi connectivity index (χ3n) is 3.52. The van der Waals surface area contributed by atoms with Crippen LogP contribution in [0.2, 0.25) is 0 Å². The number of carboxylic acid groups (broad SMARTS) is 1. The van der Waals surface area contributed by atoms with Crippen molar-refractivity contribution in [2.75, 3.05) is 6.61 Å². The molecule has 106 valence electrons. The van der Waals surface area contributed by atoms with Gasteiger partial charge in [0.15, 0.2) is 0 Å². The van der Waals surface area contributed by atoms with E-state index in [0.717, 1.165) is 11.1 Å². The van der Waals surface area contributed by atoms with E-state index in [2.05, 4.69) is 0 Å². The van der Waals surface area contributed by atoms with Crippen molar-refractivity contribution < 1.29 is 19.4 Å². The lowest BCUT2D eigenvalue weighted by Crippen LogP contribution is -2.19. The van der Waals surface area contributed by atoms with Gasteiger partial charge in [-0.15, -0.1) is 0 Å². The van der Waals surface area contributed by atoms with Gasteiger partial charge in [-0.2, -0.15) is 0 Å². The Kier molecular flexibility index (Phi) is 4.23. The van der Waals surface area contributed by atoms with Crippen LogP contribution in [0.3, 0.4) is 0 Å². The first kappa shape index (κ1) is 14.3. The van der Waals surface area contributed by atoms with Crippen LogP contribution in [0.25, 0.3) is 6.08 Å². The number of carboxylic acids is 1. The van der Waals surface area contributed by atoms with Crippen molar-refractivity contribution in [2.45, 2.75) is 31.6 Å². The molecule has 1 fully saturated rings. The summed E-state index contributed by atoms with van der Waals surface area (Å²) in [7, 11) is 0. The molecule has 1 N–H and O–H groups in total. The molecule has 0 spiro atoms. The van der Waals surface area contributed by atoms with E-state index in [4.69, 9.17) is 4.74 Å². The molecule has 4 nitrogen and oxygen atoms in total. The van der Waals surface area contributed by atoms with E-state index in [1.807, 2.05) is 30.3 Å². The van der Waals surface area contributed by atoms with Crippen LogP contribution in [0.5, 0.6) is 0 Å². The number of carbonyl (C=O) groups is 2. The van der Waals surface area contributed by atoms with Crippen LogP contribution in [-0.2, 0) is 19.7 Å². The van der Waals surface area contributed by atoms with Crippen molar-refractivity contribution in [1.29, 1.82) is 0 Å². The SMILES string of the molecule is CCOC(=O)CC=Cc1ccc(C2(C(=O)O)CC2)cc1. The molecule has 2 rings (SSSR count). The largest absolute Gasteiger partial charge is 0.481 e. The monoisotopic (exact) mass is 274 g/mol. The van der Waals surface area contributed by atoms with Crippen molar-refractivity contribution in [3.05, 3.63) is 41.5 Å². The Labute approximate surface area is 118 Å². The van der Waals surface area contributed by atoms with Gasteiger partial charge in [0.2, 0.25) is 0 Å². The molecular formula is C16H18O4. The Hall–Kier alpha value is -2.10. The Morgan fingerprint density at radius 3 is 2.45 bits per heavy atom. The molecule has 0 bridgehead atoms. The van der Waals surface area contributed by atoms with E-state index in [9.17, 15) is 14.7 Å². The van der Waals surface area contributed by atoms with E-state index in [1.54, 1.807) is 13.0 Å². The van der Waals surface area contributed by atoms with E-state index in [0.29, 0.717) is 19.4 Å². The summed E-state index contributed by atoms with van der Waals surface area (Å²) in [6.07, 6.45) is 5.24. The number of esters is 1. The zero-order valence-electron chi connectivity index (χ0n) is 11.5. The van der Waals surface area contributed by atoms with E-state index in [1.165, 1.54) is 0 Å². The summed E-state index contributed by atoms with van der Waals surface area (Å²) in [5.74, 6) is -0.994. The second-order valence-corrected chi connectivity index (χ2v) is 4.92. The van der Waals surface area contributed by atoms with Crippen LogP contribution in [0.15, 0.2) is 30.3 Å². The summed E-state index contributed by atoms with van der Waals surface area (Å²) in [6.45, 7) is 2.16. The predicted molar refractivity (Wildman–Crippen MR) is 75.3 cm³/mol. The topological polar surface area (TPSA) is 63.6 Å². The van der Waals surface area contributed by atoms with E-state index < -0.39 is 11.4 Å². The molecule has 4 heteroatoms. The minimum atomic E-state index is -0.747. The molecule has 0 unspecified atom stereocenters. The van der Waals surface area contributed by atoms with Crippen LogP contribution in [0.1, 0.15) is 37.3 Å². The molecule has 1 saturated carbocycles. The molecule has 0 saturated heterocycles. The highest BCUT2D eigenvalue weighted by Gasteiger charge is 2.51. The number of ether oxygens (including phenoxy) is 1. The lowest BCUT2D eigenvalue weighted by atomic mass is 9.95. The zero-order valence-corrected chi connectivity index (χ0v) is 11.5. The average molecular weight is 274 g/mol. The Bertz CT molecular complexity index is 524. The molecule has 1 aliphatic carbocycles. The first-order valence-corrected chi connectivity index (χ1v) is 6.74. The molecule has 1 aromatic carbocycles. The average Bonchev–Trinajstić information content (AvgIpc) is 3.21. The van der Waals surface area contributed by atoms with Gasteiger partial charge in [-0.3, -0.25) is 9.59 Å². The fraction of sp³-hybridized carbons (Fsp3) is 0.375. The fourth-order valence-corrected chi connectivity index (χ4v) is 2.18. The maximum atomic E-state index is 11.2. The minimum absolute atomic E-state index is 0.245. The predicted octanol–water partition coefficient (Wildman–Crippen LogP) is 2.77. The maximum absolute atomic E-state index is 11.2. The van der Waals surface area contributed by atoms with Gasteiger partial charge in [0.25, 0.3) is 0 Å². The summed E-state index contributed by atoms with van der Waals surface area (Å²) in [6, 6.07) is 7.45. The van der Waals surface area contributed by atoms with Crippen LogP contribution in [0.4, 0.5) is 0 Å². The lowest BCUT2D eigenvalue weighted by molar-refractivity contribution is -0.142. The molecule has 1 aromatic rings. The highest BCUT2D eigenvalue weighted by atomic mass is 16.5. The van der Waals surface area contributed by atoms with Gasteiger partial charge in [0.1, 0.15) is 0 Å². The highest BCUT2D eigenvalue weighted by molar-refractivity contribution is 5.85. The lowest BCUT2D eigenvalue weighted by Gasteiger charge is -2.09. The van der Waals surface area contributed by atoms with E-state index in [-0.39, 0.29) is 12.4 Å². The molecule has 0 radical (unpaired) electrons. The number of aliphatic carboxylic acids is 1. The normalized spacial score (nSPS) is 16.1. The highest BCUT2D eigenvalue weighted by Crippen LogP contribution is 2.48. The van der Waals surface area contributed by atoms with Gasteiger partial charge in [0.05, 0.1) is 18.4 Å². The molecule has 0 aliphatic heterocycles. The van der Waals surface area contributed by atoms with Gasteiger partial charge in [-0.1, -0.05) is 36.4 Å². The molecule has 1 aliphatic rings. The second kappa shape index (κ2) is 5.90. The molecule has 0 heterocycles. The number of benzene rings is 1. The summed E-state index contributed by atoms with van der Waals surface area (Å²) in [5.41, 5.74) is 1.14. The molecular weight excluding hydrogens is 256 g/mol. The fourth-order valence-electron chi connectivity index (χ4n) is 2.18. The van der Waals surface area contributed by atoms with Crippen LogP contribution in [0, 0.1) is 0 Å². The number of carbonyl (C=O) groups excluding carboxylic acids is 1. The van der Waals surface area contributed by atoms with Crippen molar-refractivity contribution >= 4 is 18.0 Å². The molecule has 0 amide bonds.